The fraction of sp³-hybridized carbons (Fsp3) is 1.00. The predicted molar refractivity (Wildman–Crippen MR) is 73.6 cm³/mol. The van der Waals surface area contributed by atoms with E-state index in [1.807, 2.05) is 0 Å². The van der Waals surface area contributed by atoms with Crippen LogP contribution in [0.1, 0.15) is 44.9 Å². The molecule has 1 saturated heterocycles. The number of unbranched alkanes of at least 4 members (excludes halogenated alkanes) is 5. The molecule has 1 heterocycles. The first-order valence-electron chi connectivity index (χ1n) is 7.03. The highest BCUT2D eigenvalue weighted by molar-refractivity contribution is 6.60. The molecule has 0 radical (unpaired) electrons. The van der Waals surface area contributed by atoms with Crippen LogP contribution in [0.25, 0.3) is 0 Å². The molecular weight excluding hydrogens is 248 g/mol. The molecule has 1 fully saturated rings. The van der Waals surface area contributed by atoms with Crippen molar-refractivity contribution in [2.24, 2.45) is 0 Å². The van der Waals surface area contributed by atoms with Gasteiger partial charge < -0.3 is 18.0 Å². The molecule has 1 aliphatic rings. The van der Waals surface area contributed by atoms with Gasteiger partial charge in [-0.25, -0.2) is 0 Å². The van der Waals surface area contributed by atoms with Crippen LogP contribution >= 0.6 is 0 Å². The largest absolute Gasteiger partial charge is 0.500 e. The van der Waals surface area contributed by atoms with Crippen LogP contribution in [0.3, 0.4) is 0 Å². The lowest BCUT2D eigenvalue weighted by molar-refractivity contribution is 0.122. The highest BCUT2D eigenvalue weighted by Crippen LogP contribution is 2.20. The Morgan fingerprint density at radius 2 is 1.39 bits per heavy atom. The molecule has 0 aromatic rings. The summed E-state index contributed by atoms with van der Waals surface area (Å²) in [6, 6.07) is 0.923. The minimum Gasteiger partial charge on any atom is -0.377 e. The van der Waals surface area contributed by atoms with Crippen LogP contribution < -0.4 is 0 Å². The Labute approximate surface area is 112 Å². The van der Waals surface area contributed by atoms with Gasteiger partial charge in [-0.05, 0) is 12.8 Å². The maximum atomic E-state index is 5.40. The lowest BCUT2D eigenvalue weighted by Crippen LogP contribution is -2.42. The zero-order valence-electron chi connectivity index (χ0n) is 12.1. The van der Waals surface area contributed by atoms with E-state index in [1.54, 1.807) is 21.3 Å². The summed E-state index contributed by atoms with van der Waals surface area (Å²) in [5.41, 5.74) is 0. The molecule has 108 valence electrons. The van der Waals surface area contributed by atoms with Gasteiger partial charge in [-0.1, -0.05) is 32.1 Å². The highest BCUT2D eigenvalue weighted by atomic mass is 28.4. The molecule has 4 nitrogen and oxygen atoms in total. The Kier molecular flexibility index (Phi) is 8.09. The smallest absolute Gasteiger partial charge is 0.377 e. The van der Waals surface area contributed by atoms with Crippen molar-refractivity contribution in [3.63, 3.8) is 0 Å². The van der Waals surface area contributed by atoms with E-state index in [1.165, 1.54) is 38.5 Å². The van der Waals surface area contributed by atoms with E-state index >= 15 is 0 Å². The molecule has 0 amide bonds. The van der Waals surface area contributed by atoms with Crippen molar-refractivity contribution in [2.75, 3.05) is 27.9 Å². The van der Waals surface area contributed by atoms with Crippen LogP contribution in [0.5, 0.6) is 0 Å². The molecule has 5 heteroatoms. The average molecular weight is 276 g/mol. The molecule has 0 unspecified atom stereocenters. The van der Waals surface area contributed by atoms with Crippen LogP contribution in [0.15, 0.2) is 0 Å². The summed E-state index contributed by atoms with van der Waals surface area (Å²) in [6.07, 6.45) is 9.51. The predicted octanol–water partition coefficient (Wildman–Crippen LogP) is 2.99. The second-order valence-corrected chi connectivity index (χ2v) is 8.00. The number of epoxide rings is 1. The average Bonchev–Trinajstić information content (AvgIpc) is 3.22. The molecule has 0 aliphatic carbocycles. The monoisotopic (exact) mass is 276 g/mol. The molecule has 1 aliphatic heterocycles. The molecule has 0 saturated carbocycles. The molecule has 0 aromatic heterocycles. The van der Waals surface area contributed by atoms with E-state index in [-0.39, 0.29) is 0 Å². The third-order valence-corrected chi connectivity index (χ3v) is 6.43. The van der Waals surface area contributed by atoms with Gasteiger partial charge in [0, 0.05) is 27.4 Å². The van der Waals surface area contributed by atoms with E-state index in [9.17, 15) is 0 Å². The number of hydrogen-bond acceptors (Lipinski definition) is 4. The van der Waals surface area contributed by atoms with Gasteiger partial charge >= 0.3 is 8.80 Å². The fourth-order valence-electron chi connectivity index (χ4n) is 2.21. The molecular formula is C13H28O4Si. The van der Waals surface area contributed by atoms with Crippen molar-refractivity contribution in [1.82, 2.24) is 0 Å². The Balaban J connectivity index is 1.89. The summed E-state index contributed by atoms with van der Waals surface area (Å²) in [5.74, 6) is 0. The summed E-state index contributed by atoms with van der Waals surface area (Å²) in [6.45, 7) is 0.998. The Morgan fingerprint density at radius 1 is 0.889 bits per heavy atom. The first kappa shape index (κ1) is 16.1. The van der Waals surface area contributed by atoms with Crippen LogP contribution in [0.4, 0.5) is 0 Å². The summed E-state index contributed by atoms with van der Waals surface area (Å²) in [7, 11) is 2.72. The topological polar surface area (TPSA) is 40.2 Å². The minimum atomic E-state index is -2.32. The lowest BCUT2D eigenvalue weighted by Gasteiger charge is -2.24. The van der Waals surface area contributed by atoms with Crippen molar-refractivity contribution in [3.05, 3.63) is 0 Å². The van der Waals surface area contributed by atoms with Gasteiger partial charge in [0.1, 0.15) is 0 Å². The van der Waals surface area contributed by atoms with E-state index in [0.29, 0.717) is 6.10 Å². The zero-order valence-corrected chi connectivity index (χ0v) is 13.1. The highest BCUT2D eigenvalue weighted by Gasteiger charge is 2.36. The Morgan fingerprint density at radius 3 is 1.89 bits per heavy atom. The van der Waals surface area contributed by atoms with Crippen molar-refractivity contribution in [1.29, 1.82) is 0 Å². The third-order valence-electron chi connectivity index (χ3n) is 3.59. The van der Waals surface area contributed by atoms with Crippen molar-refractivity contribution >= 4 is 8.80 Å². The van der Waals surface area contributed by atoms with Gasteiger partial charge in [-0.2, -0.15) is 0 Å². The van der Waals surface area contributed by atoms with Crippen molar-refractivity contribution in [3.8, 4) is 0 Å². The molecule has 18 heavy (non-hydrogen) atoms. The molecule has 0 aromatic carbocycles. The van der Waals surface area contributed by atoms with E-state index in [2.05, 4.69) is 0 Å². The second kappa shape index (κ2) is 9.04. The van der Waals surface area contributed by atoms with Gasteiger partial charge in [0.15, 0.2) is 0 Å². The van der Waals surface area contributed by atoms with Crippen molar-refractivity contribution in [2.45, 2.75) is 57.1 Å². The molecule has 1 atom stereocenters. The summed E-state index contributed by atoms with van der Waals surface area (Å²) >= 11 is 0. The molecule has 0 N–H and O–H groups in total. The maximum Gasteiger partial charge on any atom is 0.500 e. The van der Waals surface area contributed by atoms with Gasteiger partial charge in [0.05, 0.1) is 12.7 Å². The summed E-state index contributed by atoms with van der Waals surface area (Å²) in [5, 5.41) is 0. The molecule has 0 bridgehead atoms. The van der Waals surface area contributed by atoms with Gasteiger partial charge in [-0.3, -0.25) is 0 Å². The van der Waals surface area contributed by atoms with Crippen molar-refractivity contribution < 1.29 is 18.0 Å². The molecule has 0 spiro atoms. The van der Waals surface area contributed by atoms with Gasteiger partial charge in [-0.15, -0.1) is 0 Å². The summed E-state index contributed by atoms with van der Waals surface area (Å²) in [4.78, 5) is 0. The second-order valence-electron chi connectivity index (χ2n) is 4.91. The van der Waals surface area contributed by atoms with Gasteiger partial charge in [0.2, 0.25) is 0 Å². The summed E-state index contributed by atoms with van der Waals surface area (Å²) < 4.78 is 21.4. The maximum absolute atomic E-state index is 5.40. The zero-order chi connectivity index (χ0) is 13.3. The van der Waals surface area contributed by atoms with E-state index < -0.39 is 8.80 Å². The van der Waals surface area contributed by atoms with Crippen LogP contribution in [0.2, 0.25) is 6.04 Å². The molecule has 1 rings (SSSR count). The normalized spacial score (nSPS) is 19.2. The SMILES string of the molecule is CO[Si](CCCCCCCC[C@@H]1CO1)(OC)OC. The Bertz CT molecular complexity index is 197. The number of ether oxygens (including phenoxy) is 1. The number of rotatable bonds is 12. The third kappa shape index (κ3) is 6.29. The quantitative estimate of drug-likeness (QED) is 0.312. The first-order valence-corrected chi connectivity index (χ1v) is 8.96. The fourth-order valence-corrected chi connectivity index (χ4v) is 4.01. The van der Waals surface area contributed by atoms with Gasteiger partial charge in [0.25, 0.3) is 0 Å². The standard InChI is InChI=1S/C13H28O4Si/c1-14-18(15-2,16-3)11-9-7-5-4-6-8-10-13-12-17-13/h13H,4-12H2,1-3H3/t13-/m1/s1. The first-order chi connectivity index (χ1) is 8.76. The van der Waals surface area contributed by atoms with Crippen LogP contribution in [0, 0.1) is 0 Å². The van der Waals surface area contributed by atoms with E-state index in [0.717, 1.165) is 19.1 Å². The van der Waals surface area contributed by atoms with E-state index in [4.69, 9.17) is 18.0 Å². The van der Waals surface area contributed by atoms with Crippen LogP contribution in [-0.2, 0) is 18.0 Å². The number of hydrogen-bond donors (Lipinski definition) is 0. The Hall–Kier alpha value is 0.0569. The lowest BCUT2D eigenvalue weighted by atomic mass is 10.1. The van der Waals surface area contributed by atoms with Crippen LogP contribution in [-0.4, -0.2) is 42.8 Å². The minimum absolute atomic E-state index is 0.599.